The second-order valence-corrected chi connectivity index (χ2v) is 9.18. The molecule has 0 saturated heterocycles. The molecule has 21 heavy (non-hydrogen) atoms. The molecule has 0 aliphatic heterocycles. The highest BCUT2D eigenvalue weighted by atomic mass is 79.9. The molecular formula is C12H19BrN2O4S2. The molecule has 2 N–H and O–H groups in total. The molecule has 0 atom stereocenters. The topological polar surface area (TPSA) is 92.3 Å². The number of benzene rings is 1. The molecule has 0 fully saturated rings. The maximum Gasteiger partial charge on any atom is 0.240 e. The largest absolute Gasteiger partial charge is 0.240 e. The molecule has 0 heterocycles. The number of hydrogen-bond acceptors (Lipinski definition) is 4. The number of aryl methyl sites for hydroxylation is 1. The molecule has 6 nitrogen and oxygen atoms in total. The Balaban J connectivity index is 2.52. The minimum atomic E-state index is -3.57. The first kappa shape index (κ1) is 18.6. The van der Waals surface area contributed by atoms with Gasteiger partial charge in [0, 0.05) is 17.6 Å². The Kier molecular flexibility index (Phi) is 6.79. The van der Waals surface area contributed by atoms with Gasteiger partial charge in [-0.25, -0.2) is 26.3 Å². The van der Waals surface area contributed by atoms with Crippen molar-refractivity contribution < 1.29 is 16.8 Å². The Morgan fingerprint density at radius 1 is 1.10 bits per heavy atom. The third-order valence-corrected chi connectivity index (χ3v) is 6.54. The van der Waals surface area contributed by atoms with Gasteiger partial charge < -0.3 is 0 Å². The Labute approximate surface area is 134 Å². The summed E-state index contributed by atoms with van der Waals surface area (Å²) in [4.78, 5) is 0.192. The standard InChI is InChI=1S/C12H19BrN2O4S2/c1-3-20(16,17)14-7-4-8-15-21(18,19)11-5-6-12(13)10(2)9-11/h5-6,9,14-15H,3-4,7-8H2,1-2H3. The molecule has 0 radical (unpaired) electrons. The zero-order valence-corrected chi connectivity index (χ0v) is 15.1. The van der Waals surface area contributed by atoms with Crippen LogP contribution in [0.15, 0.2) is 27.6 Å². The maximum absolute atomic E-state index is 12.0. The minimum Gasteiger partial charge on any atom is -0.215 e. The van der Waals surface area contributed by atoms with Gasteiger partial charge in [-0.1, -0.05) is 15.9 Å². The highest BCUT2D eigenvalue weighted by Gasteiger charge is 2.14. The van der Waals surface area contributed by atoms with Crippen molar-refractivity contribution in [1.82, 2.24) is 9.44 Å². The van der Waals surface area contributed by atoms with Gasteiger partial charge in [0.1, 0.15) is 0 Å². The summed E-state index contributed by atoms with van der Waals surface area (Å²) in [5, 5.41) is 0. The van der Waals surface area contributed by atoms with Crippen molar-refractivity contribution in [2.45, 2.75) is 25.2 Å². The van der Waals surface area contributed by atoms with Crippen molar-refractivity contribution in [2.75, 3.05) is 18.8 Å². The highest BCUT2D eigenvalue weighted by molar-refractivity contribution is 9.10. The lowest BCUT2D eigenvalue weighted by atomic mass is 10.2. The quantitative estimate of drug-likeness (QED) is 0.646. The van der Waals surface area contributed by atoms with Gasteiger partial charge in [0.05, 0.1) is 10.6 Å². The fourth-order valence-electron chi connectivity index (χ4n) is 1.49. The van der Waals surface area contributed by atoms with Crippen molar-refractivity contribution in [3.05, 3.63) is 28.2 Å². The third-order valence-electron chi connectivity index (χ3n) is 2.79. The molecule has 120 valence electrons. The Morgan fingerprint density at radius 2 is 1.71 bits per heavy atom. The zero-order valence-electron chi connectivity index (χ0n) is 11.9. The van der Waals surface area contributed by atoms with E-state index in [-0.39, 0.29) is 23.7 Å². The summed E-state index contributed by atoms with van der Waals surface area (Å²) in [5.41, 5.74) is 0.827. The van der Waals surface area contributed by atoms with Crippen LogP contribution in [-0.2, 0) is 20.0 Å². The smallest absolute Gasteiger partial charge is 0.215 e. The predicted octanol–water partition coefficient (Wildman–Crippen LogP) is 1.37. The summed E-state index contributed by atoms with van der Waals surface area (Å²) in [6, 6.07) is 4.77. The highest BCUT2D eigenvalue weighted by Crippen LogP contribution is 2.19. The summed E-state index contributed by atoms with van der Waals surface area (Å²) in [7, 11) is -6.80. The van der Waals surface area contributed by atoms with Crippen LogP contribution in [0.5, 0.6) is 0 Å². The van der Waals surface area contributed by atoms with E-state index in [2.05, 4.69) is 25.4 Å². The molecule has 1 aromatic rings. The molecule has 0 unspecified atom stereocenters. The fourth-order valence-corrected chi connectivity index (χ4v) is 3.56. The van der Waals surface area contributed by atoms with Crippen LogP contribution in [0.3, 0.4) is 0 Å². The van der Waals surface area contributed by atoms with Crippen LogP contribution in [-0.4, -0.2) is 35.7 Å². The van der Waals surface area contributed by atoms with Gasteiger partial charge in [0.25, 0.3) is 0 Å². The summed E-state index contributed by atoms with van der Waals surface area (Å²) in [5.74, 6) is 0.0108. The van der Waals surface area contributed by atoms with E-state index in [1.807, 2.05) is 6.92 Å². The third kappa shape index (κ3) is 6.03. The molecule has 1 aromatic carbocycles. The summed E-state index contributed by atoms with van der Waals surface area (Å²) in [6.45, 7) is 3.73. The van der Waals surface area contributed by atoms with E-state index in [1.54, 1.807) is 19.1 Å². The van der Waals surface area contributed by atoms with Crippen molar-refractivity contribution in [3.63, 3.8) is 0 Å². The van der Waals surface area contributed by atoms with E-state index in [0.717, 1.165) is 10.0 Å². The first-order chi connectivity index (χ1) is 9.68. The second-order valence-electron chi connectivity index (χ2n) is 4.46. The van der Waals surface area contributed by atoms with Gasteiger partial charge in [0.2, 0.25) is 20.0 Å². The van der Waals surface area contributed by atoms with Crippen LogP contribution in [0.4, 0.5) is 0 Å². The van der Waals surface area contributed by atoms with Gasteiger partial charge >= 0.3 is 0 Å². The van der Waals surface area contributed by atoms with E-state index in [4.69, 9.17) is 0 Å². The number of nitrogens with one attached hydrogen (secondary N) is 2. The lowest BCUT2D eigenvalue weighted by Gasteiger charge is -2.08. The zero-order chi connectivity index (χ0) is 16.1. The average Bonchev–Trinajstić information content (AvgIpc) is 2.41. The molecule has 0 amide bonds. The van der Waals surface area contributed by atoms with Crippen LogP contribution >= 0.6 is 15.9 Å². The maximum atomic E-state index is 12.0. The van der Waals surface area contributed by atoms with E-state index in [0.29, 0.717) is 6.42 Å². The fraction of sp³-hybridized carbons (Fsp3) is 0.500. The Bertz CT molecular complexity index is 687. The molecule has 0 aliphatic carbocycles. The van der Waals surface area contributed by atoms with Gasteiger partial charge in [-0.2, -0.15) is 0 Å². The number of hydrogen-bond donors (Lipinski definition) is 2. The predicted molar refractivity (Wildman–Crippen MR) is 86.1 cm³/mol. The first-order valence-corrected chi connectivity index (χ1v) is 10.3. The SMILES string of the molecule is CCS(=O)(=O)NCCCNS(=O)(=O)c1ccc(Br)c(C)c1. The molecule has 0 aromatic heterocycles. The Morgan fingerprint density at radius 3 is 2.29 bits per heavy atom. The monoisotopic (exact) mass is 398 g/mol. The lowest BCUT2D eigenvalue weighted by molar-refractivity contribution is 0.573. The van der Waals surface area contributed by atoms with Gasteiger partial charge in [0.15, 0.2) is 0 Å². The summed E-state index contributed by atoms with van der Waals surface area (Å²) >= 11 is 3.31. The molecular weight excluding hydrogens is 380 g/mol. The van der Waals surface area contributed by atoms with E-state index in [1.165, 1.54) is 6.07 Å². The van der Waals surface area contributed by atoms with E-state index in [9.17, 15) is 16.8 Å². The van der Waals surface area contributed by atoms with E-state index >= 15 is 0 Å². The second kappa shape index (κ2) is 7.68. The molecule has 0 bridgehead atoms. The lowest BCUT2D eigenvalue weighted by Crippen LogP contribution is -2.30. The van der Waals surface area contributed by atoms with Crippen molar-refractivity contribution in [2.24, 2.45) is 0 Å². The molecule has 0 spiro atoms. The number of halogens is 1. The molecule has 9 heteroatoms. The molecule has 1 rings (SSSR count). The van der Waals surface area contributed by atoms with Gasteiger partial charge in [-0.15, -0.1) is 0 Å². The summed E-state index contributed by atoms with van der Waals surface area (Å²) < 4.78 is 52.2. The van der Waals surface area contributed by atoms with Crippen LogP contribution in [0.2, 0.25) is 0 Å². The van der Waals surface area contributed by atoms with Crippen molar-refractivity contribution >= 4 is 36.0 Å². The normalized spacial score (nSPS) is 12.5. The molecule has 0 saturated carbocycles. The Hall–Kier alpha value is -0.480. The van der Waals surface area contributed by atoms with Crippen LogP contribution in [0.25, 0.3) is 0 Å². The minimum absolute atomic E-state index is 0.0108. The van der Waals surface area contributed by atoms with Crippen molar-refractivity contribution in [3.8, 4) is 0 Å². The van der Waals surface area contributed by atoms with Gasteiger partial charge in [-0.05, 0) is 44.0 Å². The average molecular weight is 399 g/mol. The van der Waals surface area contributed by atoms with Crippen LogP contribution in [0, 0.1) is 6.92 Å². The first-order valence-electron chi connectivity index (χ1n) is 6.41. The van der Waals surface area contributed by atoms with E-state index < -0.39 is 20.0 Å². The summed E-state index contributed by atoms with van der Waals surface area (Å²) in [6.07, 6.45) is 0.383. The number of sulfonamides is 2. The van der Waals surface area contributed by atoms with Crippen LogP contribution in [0.1, 0.15) is 18.9 Å². The van der Waals surface area contributed by atoms with Gasteiger partial charge in [-0.3, -0.25) is 0 Å². The number of rotatable bonds is 8. The van der Waals surface area contributed by atoms with Crippen LogP contribution < -0.4 is 9.44 Å². The molecule has 0 aliphatic rings. The van der Waals surface area contributed by atoms with Crippen molar-refractivity contribution in [1.29, 1.82) is 0 Å².